The summed E-state index contributed by atoms with van der Waals surface area (Å²) in [5.74, 6) is 2.61. The molecule has 0 aromatic rings. The predicted octanol–water partition coefficient (Wildman–Crippen LogP) is -0.244. The van der Waals surface area contributed by atoms with Gasteiger partial charge in [-0.2, -0.15) is 0 Å². The Kier molecular flexibility index (Phi) is 2.11. The van der Waals surface area contributed by atoms with Crippen molar-refractivity contribution < 1.29 is 9.53 Å². The average molecular weight is 180 g/mol. The van der Waals surface area contributed by atoms with Gasteiger partial charge in [0.1, 0.15) is 6.61 Å². The van der Waals surface area contributed by atoms with Gasteiger partial charge in [-0.1, -0.05) is 5.92 Å². The summed E-state index contributed by atoms with van der Waals surface area (Å²) in [6.45, 7) is 3.62. The van der Waals surface area contributed by atoms with E-state index < -0.39 is 0 Å². The lowest BCUT2D eigenvalue weighted by molar-refractivity contribution is 0.128. The van der Waals surface area contributed by atoms with Crippen LogP contribution < -0.4 is 0 Å². The molecule has 1 amide bonds. The molecule has 70 valence electrons. The highest BCUT2D eigenvalue weighted by Gasteiger charge is 2.36. The summed E-state index contributed by atoms with van der Waals surface area (Å²) in [5, 5.41) is 0. The van der Waals surface area contributed by atoms with E-state index in [9.17, 15) is 4.79 Å². The van der Waals surface area contributed by atoms with Crippen molar-refractivity contribution in [3.8, 4) is 12.3 Å². The Morgan fingerprint density at radius 1 is 1.62 bits per heavy atom. The molecule has 2 rings (SSSR count). The quantitative estimate of drug-likeness (QED) is 0.522. The molecule has 2 aliphatic rings. The van der Waals surface area contributed by atoms with Crippen molar-refractivity contribution in [3.63, 3.8) is 0 Å². The summed E-state index contributed by atoms with van der Waals surface area (Å²) in [7, 11) is 0. The van der Waals surface area contributed by atoms with Crippen molar-refractivity contribution in [2.75, 3.05) is 32.8 Å². The van der Waals surface area contributed by atoms with E-state index in [1.54, 1.807) is 4.90 Å². The molecular formula is C9H12N2O2. The maximum absolute atomic E-state index is 11.1. The normalized spacial score (nSPS) is 28.1. The third kappa shape index (κ3) is 1.47. The van der Waals surface area contributed by atoms with Gasteiger partial charge in [-0.3, -0.25) is 9.80 Å². The van der Waals surface area contributed by atoms with E-state index in [2.05, 4.69) is 10.8 Å². The minimum Gasteiger partial charge on any atom is -0.447 e. The second kappa shape index (κ2) is 3.27. The summed E-state index contributed by atoms with van der Waals surface area (Å²) < 4.78 is 4.94. The maximum Gasteiger partial charge on any atom is 0.410 e. The van der Waals surface area contributed by atoms with Crippen LogP contribution in [0.2, 0.25) is 0 Å². The monoisotopic (exact) mass is 180 g/mol. The fourth-order valence-corrected chi connectivity index (χ4v) is 1.83. The Bertz CT molecular complexity index is 259. The molecule has 0 aromatic heterocycles. The van der Waals surface area contributed by atoms with Crippen molar-refractivity contribution in [3.05, 3.63) is 0 Å². The molecular weight excluding hydrogens is 168 g/mol. The maximum atomic E-state index is 11.1. The Hall–Kier alpha value is -1.21. The van der Waals surface area contributed by atoms with Crippen molar-refractivity contribution in [2.45, 2.75) is 6.04 Å². The van der Waals surface area contributed by atoms with Crippen LogP contribution in [-0.4, -0.2) is 54.7 Å². The Balaban J connectivity index is 1.96. The minimum atomic E-state index is -0.176. The molecule has 0 aliphatic carbocycles. The molecule has 2 heterocycles. The van der Waals surface area contributed by atoms with Gasteiger partial charge in [0.05, 0.1) is 12.6 Å². The van der Waals surface area contributed by atoms with Gasteiger partial charge in [-0.15, -0.1) is 6.42 Å². The topological polar surface area (TPSA) is 32.8 Å². The van der Waals surface area contributed by atoms with Crippen molar-refractivity contribution in [1.82, 2.24) is 9.80 Å². The zero-order valence-electron chi connectivity index (χ0n) is 7.40. The van der Waals surface area contributed by atoms with Gasteiger partial charge in [-0.25, -0.2) is 4.79 Å². The van der Waals surface area contributed by atoms with Crippen LogP contribution in [0, 0.1) is 12.3 Å². The molecule has 2 aliphatic heterocycles. The van der Waals surface area contributed by atoms with Gasteiger partial charge in [0.25, 0.3) is 0 Å². The average Bonchev–Trinajstić information content (AvgIpc) is 2.48. The van der Waals surface area contributed by atoms with Crippen LogP contribution in [0.4, 0.5) is 4.79 Å². The van der Waals surface area contributed by atoms with Gasteiger partial charge in [0, 0.05) is 19.6 Å². The number of hydrogen-bond acceptors (Lipinski definition) is 3. The van der Waals surface area contributed by atoms with Crippen molar-refractivity contribution in [1.29, 1.82) is 0 Å². The number of piperazine rings is 1. The summed E-state index contributed by atoms with van der Waals surface area (Å²) in [6, 6.07) is 0.217. The number of cyclic esters (lactones) is 1. The molecule has 2 fully saturated rings. The summed E-state index contributed by atoms with van der Waals surface area (Å²) in [5.41, 5.74) is 0. The van der Waals surface area contributed by atoms with Crippen LogP contribution in [0.1, 0.15) is 0 Å². The van der Waals surface area contributed by atoms with E-state index in [1.807, 2.05) is 0 Å². The lowest BCUT2D eigenvalue weighted by Gasteiger charge is -2.34. The zero-order chi connectivity index (χ0) is 9.26. The van der Waals surface area contributed by atoms with Crippen molar-refractivity contribution >= 4 is 6.09 Å². The summed E-state index contributed by atoms with van der Waals surface area (Å²) in [4.78, 5) is 15.1. The first kappa shape index (κ1) is 8.39. The Morgan fingerprint density at radius 3 is 3.23 bits per heavy atom. The highest BCUT2D eigenvalue weighted by molar-refractivity contribution is 5.70. The summed E-state index contributed by atoms with van der Waals surface area (Å²) >= 11 is 0. The van der Waals surface area contributed by atoms with E-state index in [-0.39, 0.29) is 12.1 Å². The highest BCUT2D eigenvalue weighted by atomic mass is 16.6. The molecule has 4 heteroatoms. The molecule has 13 heavy (non-hydrogen) atoms. The molecule has 4 nitrogen and oxygen atoms in total. The number of carbonyl (C=O) groups excluding carboxylic acids is 1. The first-order valence-corrected chi connectivity index (χ1v) is 4.40. The van der Waals surface area contributed by atoms with Crippen LogP contribution in [0.25, 0.3) is 0 Å². The smallest absolute Gasteiger partial charge is 0.410 e. The third-order valence-corrected chi connectivity index (χ3v) is 2.52. The second-order valence-electron chi connectivity index (χ2n) is 3.36. The minimum absolute atomic E-state index is 0.176. The zero-order valence-corrected chi connectivity index (χ0v) is 7.40. The van der Waals surface area contributed by atoms with Crippen LogP contribution >= 0.6 is 0 Å². The van der Waals surface area contributed by atoms with E-state index >= 15 is 0 Å². The number of ether oxygens (including phenoxy) is 1. The van der Waals surface area contributed by atoms with E-state index in [4.69, 9.17) is 11.2 Å². The molecule has 0 N–H and O–H groups in total. The second-order valence-corrected chi connectivity index (χ2v) is 3.36. The number of hydrogen-bond donors (Lipinski definition) is 0. The number of carbonyl (C=O) groups is 1. The molecule has 1 atom stereocenters. The van der Waals surface area contributed by atoms with E-state index in [0.29, 0.717) is 13.2 Å². The fraction of sp³-hybridized carbons (Fsp3) is 0.667. The number of rotatable bonds is 1. The Labute approximate surface area is 77.4 Å². The number of terminal acetylenes is 1. The number of fused-ring (bicyclic) bond motifs is 1. The molecule has 0 radical (unpaired) electrons. The number of nitrogens with zero attached hydrogens (tertiary/aromatic N) is 2. The molecule has 0 bridgehead atoms. The highest BCUT2D eigenvalue weighted by Crippen LogP contribution is 2.17. The van der Waals surface area contributed by atoms with E-state index in [1.165, 1.54) is 0 Å². The van der Waals surface area contributed by atoms with Gasteiger partial charge >= 0.3 is 6.09 Å². The third-order valence-electron chi connectivity index (χ3n) is 2.52. The van der Waals surface area contributed by atoms with E-state index in [0.717, 1.165) is 19.6 Å². The standard InChI is InChI=1S/C9H12N2O2/c1-2-3-10-4-5-11-8(6-10)7-13-9(11)12/h1,8H,3-7H2. The first-order chi connectivity index (χ1) is 6.31. The van der Waals surface area contributed by atoms with Gasteiger partial charge in [0.15, 0.2) is 0 Å². The summed E-state index contributed by atoms with van der Waals surface area (Å²) in [6.07, 6.45) is 5.04. The number of amides is 1. The Morgan fingerprint density at radius 2 is 2.46 bits per heavy atom. The fourth-order valence-electron chi connectivity index (χ4n) is 1.83. The molecule has 1 unspecified atom stereocenters. The SMILES string of the molecule is C#CCN1CCN2C(=O)OCC2C1. The molecule has 0 saturated carbocycles. The van der Waals surface area contributed by atoms with Crippen LogP contribution in [0.15, 0.2) is 0 Å². The molecule has 0 spiro atoms. The predicted molar refractivity (Wildman–Crippen MR) is 47.1 cm³/mol. The lowest BCUT2D eigenvalue weighted by atomic mass is 10.2. The van der Waals surface area contributed by atoms with Gasteiger partial charge in [-0.05, 0) is 0 Å². The van der Waals surface area contributed by atoms with Crippen LogP contribution in [0.3, 0.4) is 0 Å². The van der Waals surface area contributed by atoms with Gasteiger partial charge < -0.3 is 4.74 Å². The van der Waals surface area contributed by atoms with Crippen LogP contribution in [0.5, 0.6) is 0 Å². The lowest BCUT2D eigenvalue weighted by Crippen LogP contribution is -2.51. The largest absolute Gasteiger partial charge is 0.447 e. The van der Waals surface area contributed by atoms with Gasteiger partial charge in [0.2, 0.25) is 0 Å². The van der Waals surface area contributed by atoms with Crippen molar-refractivity contribution in [2.24, 2.45) is 0 Å². The first-order valence-electron chi connectivity index (χ1n) is 4.40. The molecule has 2 saturated heterocycles. The molecule has 0 aromatic carbocycles. The van der Waals surface area contributed by atoms with Crippen LogP contribution in [-0.2, 0) is 4.74 Å².